The summed E-state index contributed by atoms with van der Waals surface area (Å²) in [5.41, 5.74) is 0. The predicted molar refractivity (Wildman–Crippen MR) is 35.0 cm³/mol. The molecule has 32 valence electrons. The van der Waals surface area contributed by atoms with E-state index in [4.69, 9.17) is 0 Å². The van der Waals surface area contributed by atoms with Gasteiger partial charge in [-0.15, -0.1) is 0 Å². The fourth-order valence-electron chi connectivity index (χ4n) is 0. The van der Waals surface area contributed by atoms with Gasteiger partial charge in [0.15, 0.2) is 0 Å². The summed E-state index contributed by atoms with van der Waals surface area (Å²) in [7, 11) is 0. The molecule has 0 heterocycles. The smallest absolute Gasteiger partial charge is 0.813 e. The van der Waals surface area contributed by atoms with Gasteiger partial charge in [0.2, 0.25) is 0 Å². The van der Waals surface area contributed by atoms with Crippen LogP contribution in [0, 0.1) is 0 Å². The zero-order valence-corrected chi connectivity index (χ0v) is 7.43. The van der Waals surface area contributed by atoms with Gasteiger partial charge in [-0.2, -0.15) is 0 Å². The maximum atomic E-state index is 0. The first kappa shape index (κ1) is 59.5. The van der Waals surface area contributed by atoms with Crippen LogP contribution in [0.3, 0.4) is 0 Å². The van der Waals surface area contributed by atoms with Gasteiger partial charge in [0.05, 0.1) is 0 Å². The Kier molecular flexibility index (Phi) is 426. The number of hydrogen-bond acceptors (Lipinski definition) is 4. The van der Waals surface area contributed by atoms with E-state index in [0.717, 1.165) is 0 Å². The van der Waals surface area contributed by atoms with Crippen LogP contribution in [-0.2, 0) is 75.7 Å². The Bertz CT molecular complexity index is 3.61. The first-order valence-corrected chi connectivity index (χ1v) is 0. The van der Waals surface area contributed by atoms with Gasteiger partial charge < -0.3 is 54.0 Å². The maximum absolute atomic E-state index is 0. The molecule has 0 unspecified atom stereocenters. The SMILES string of the molecule is [SH-].[SH-].[SH-].[SH-].[Ti+4]. The number of rotatable bonds is 0. The van der Waals surface area contributed by atoms with Gasteiger partial charge in [-0.25, -0.2) is 0 Å². The Morgan fingerprint density at radius 2 is 0.400 bits per heavy atom. The van der Waals surface area contributed by atoms with E-state index in [9.17, 15) is 0 Å². The zero-order chi connectivity index (χ0) is 0. The molecule has 0 aliphatic carbocycles. The van der Waals surface area contributed by atoms with E-state index in [1.165, 1.54) is 0 Å². The summed E-state index contributed by atoms with van der Waals surface area (Å²) < 4.78 is 0. The molecule has 0 spiro atoms. The summed E-state index contributed by atoms with van der Waals surface area (Å²) in [6.07, 6.45) is 0. The van der Waals surface area contributed by atoms with Crippen molar-refractivity contribution in [2.24, 2.45) is 0 Å². The third-order valence-electron chi connectivity index (χ3n) is 0. The Labute approximate surface area is 75.1 Å². The van der Waals surface area contributed by atoms with Crippen molar-refractivity contribution < 1.29 is 21.7 Å². The van der Waals surface area contributed by atoms with Crippen LogP contribution in [0.15, 0.2) is 0 Å². The summed E-state index contributed by atoms with van der Waals surface area (Å²) in [5.74, 6) is 0. The zero-order valence-electron chi connectivity index (χ0n) is 2.29. The predicted octanol–water partition coefficient (Wildman–Crippen LogP) is -1.08. The van der Waals surface area contributed by atoms with Crippen LogP contribution in [0.2, 0.25) is 0 Å². The van der Waals surface area contributed by atoms with E-state index in [-0.39, 0.29) is 75.7 Å². The maximum Gasteiger partial charge on any atom is 4.00 e. The number of hydrogen-bond donors (Lipinski definition) is 0. The molecule has 0 amide bonds. The van der Waals surface area contributed by atoms with Gasteiger partial charge >= 0.3 is 21.7 Å². The van der Waals surface area contributed by atoms with Crippen LogP contribution >= 0.6 is 0 Å². The average Bonchev–Trinajstić information content (AvgIpc) is 0. The summed E-state index contributed by atoms with van der Waals surface area (Å²) in [5, 5.41) is 0. The average molecular weight is 180 g/mol. The fourth-order valence-corrected chi connectivity index (χ4v) is 0. The monoisotopic (exact) mass is 180 g/mol. The molecule has 0 fully saturated rings. The quantitative estimate of drug-likeness (QED) is 0.264. The second-order valence-corrected chi connectivity index (χ2v) is 0. The van der Waals surface area contributed by atoms with Crippen molar-refractivity contribution in [2.75, 3.05) is 0 Å². The van der Waals surface area contributed by atoms with E-state index >= 15 is 0 Å². The van der Waals surface area contributed by atoms with E-state index in [2.05, 4.69) is 0 Å². The van der Waals surface area contributed by atoms with Crippen molar-refractivity contribution in [2.45, 2.75) is 0 Å². The molecule has 0 aromatic rings. The van der Waals surface area contributed by atoms with Gasteiger partial charge in [0.25, 0.3) is 0 Å². The van der Waals surface area contributed by atoms with Crippen LogP contribution in [0.25, 0.3) is 0 Å². The standard InChI is InChI=1S/4H2S.Ti/h4*1H2;/q;;;;+4/p-4. The van der Waals surface area contributed by atoms with Crippen molar-refractivity contribution in [3.8, 4) is 0 Å². The molecule has 0 saturated carbocycles. The Hall–Kier alpha value is 2.11. The van der Waals surface area contributed by atoms with Gasteiger partial charge in [-0.1, -0.05) is 0 Å². The molecule has 0 aromatic carbocycles. The molecule has 0 N–H and O–H groups in total. The summed E-state index contributed by atoms with van der Waals surface area (Å²) in [4.78, 5) is 0. The normalized spacial score (nSPS) is 0. The molecule has 0 atom stereocenters. The summed E-state index contributed by atoms with van der Waals surface area (Å²) in [6, 6.07) is 0. The minimum atomic E-state index is 0. The molecule has 5 heavy (non-hydrogen) atoms. The van der Waals surface area contributed by atoms with Crippen molar-refractivity contribution >= 4 is 54.0 Å². The number of thiol groups is 4. The van der Waals surface area contributed by atoms with Crippen molar-refractivity contribution in [1.29, 1.82) is 0 Å². The fraction of sp³-hybridized carbons (Fsp3) is 0. The molecule has 0 aromatic heterocycles. The van der Waals surface area contributed by atoms with Crippen LogP contribution in [0.1, 0.15) is 0 Å². The summed E-state index contributed by atoms with van der Waals surface area (Å²) in [6.45, 7) is 0. The van der Waals surface area contributed by atoms with E-state index in [0.29, 0.717) is 0 Å². The second kappa shape index (κ2) is 35.8. The van der Waals surface area contributed by atoms with Crippen LogP contribution < -0.4 is 0 Å². The van der Waals surface area contributed by atoms with Crippen molar-refractivity contribution in [3.63, 3.8) is 0 Å². The Morgan fingerprint density at radius 1 is 0.400 bits per heavy atom. The first-order valence-electron chi connectivity index (χ1n) is 0. The largest absolute Gasteiger partial charge is 4.00 e. The third-order valence-corrected chi connectivity index (χ3v) is 0. The van der Waals surface area contributed by atoms with Crippen LogP contribution in [-0.4, -0.2) is 0 Å². The molecule has 0 bridgehead atoms. The van der Waals surface area contributed by atoms with Crippen molar-refractivity contribution in [1.82, 2.24) is 0 Å². The third kappa shape index (κ3) is 23.2. The van der Waals surface area contributed by atoms with Gasteiger partial charge in [0, 0.05) is 0 Å². The van der Waals surface area contributed by atoms with Crippen LogP contribution in [0.5, 0.6) is 0 Å². The topological polar surface area (TPSA) is 0 Å². The molecular weight excluding hydrogens is 176 g/mol. The molecule has 0 aliphatic heterocycles. The molecular formula is H4S4Ti. The second-order valence-electron chi connectivity index (χ2n) is 0. The molecule has 0 radical (unpaired) electrons. The van der Waals surface area contributed by atoms with E-state index < -0.39 is 0 Å². The van der Waals surface area contributed by atoms with E-state index in [1.54, 1.807) is 0 Å². The molecule has 0 saturated heterocycles. The first-order chi connectivity index (χ1) is 0. The molecule has 5 heteroatoms. The molecule has 0 aliphatic rings. The molecule has 0 rings (SSSR count). The minimum Gasteiger partial charge on any atom is -0.813 e. The van der Waals surface area contributed by atoms with E-state index in [1.807, 2.05) is 0 Å². The van der Waals surface area contributed by atoms with Crippen LogP contribution in [0.4, 0.5) is 0 Å². The van der Waals surface area contributed by atoms with Gasteiger partial charge in [0.1, 0.15) is 0 Å². The van der Waals surface area contributed by atoms with Gasteiger partial charge in [-0.05, 0) is 0 Å². The summed E-state index contributed by atoms with van der Waals surface area (Å²) >= 11 is 0. The Balaban J connectivity index is 0. The minimum absolute atomic E-state index is 0. The van der Waals surface area contributed by atoms with Crippen molar-refractivity contribution in [3.05, 3.63) is 0 Å². The molecule has 0 nitrogen and oxygen atoms in total. The van der Waals surface area contributed by atoms with Gasteiger partial charge in [-0.3, -0.25) is 0 Å². The Morgan fingerprint density at radius 3 is 0.400 bits per heavy atom.